The molecule has 1 saturated carbocycles. The van der Waals surface area contributed by atoms with Crippen molar-refractivity contribution in [1.29, 1.82) is 0 Å². The Morgan fingerprint density at radius 3 is 2.74 bits per heavy atom. The van der Waals surface area contributed by atoms with E-state index >= 15 is 0 Å². The molecule has 1 fully saturated rings. The third kappa shape index (κ3) is 3.50. The van der Waals surface area contributed by atoms with E-state index in [1.807, 2.05) is 0 Å². The average Bonchev–Trinajstić information content (AvgIpc) is 2.40. The molecule has 1 aliphatic carbocycles. The Labute approximate surface area is 123 Å². The molecule has 1 aromatic carbocycles. The average molecular weight is 325 g/mol. The first kappa shape index (κ1) is 14.4. The predicted octanol–water partition coefficient (Wildman–Crippen LogP) is 3.73. The highest BCUT2D eigenvalue weighted by Crippen LogP contribution is 2.35. The number of hydrogen-bond donors (Lipinski definition) is 2. The van der Waals surface area contributed by atoms with Crippen molar-refractivity contribution in [3.8, 4) is 0 Å². The van der Waals surface area contributed by atoms with E-state index in [2.05, 4.69) is 28.2 Å². The second kappa shape index (κ2) is 5.95. The van der Waals surface area contributed by atoms with Crippen LogP contribution in [0.3, 0.4) is 0 Å². The number of nitrogens with two attached hydrogens (primary N) is 1. The van der Waals surface area contributed by atoms with Crippen LogP contribution < -0.4 is 11.1 Å². The topological polar surface area (TPSA) is 55.1 Å². The second-order valence-electron chi connectivity index (χ2n) is 5.76. The lowest BCUT2D eigenvalue weighted by Crippen LogP contribution is -2.37. The lowest BCUT2D eigenvalue weighted by atomic mass is 9.76. The fraction of sp³-hybridized carbons (Fsp3) is 0.533. The van der Waals surface area contributed by atoms with Crippen molar-refractivity contribution in [2.75, 3.05) is 12.3 Å². The van der Waals surface area contributed by atoms with Crippen molar-refractivity contribution in [3.63, 3.8) is 0 Å². The van der Waals surface area contributed by atoms with E-state index in [-0.39, 0.29) is 11.3 Å². The van der Waals surface area contributed by atoms with E-state index in [1.165, 1.54) is 32.1 Å². The van der Waals surface area contributed by atoms with E-state index in [1.54, 1.807) is 18.2 Å². The number of amides is 1. The third-order valence-electron chi connectivity index (χ3n) is 4.01. The van der Waals surface area contributed by atoms with E-state index in [0.717, 1.165) is 6.54 Å². The molecule has 2 rings (SSSR count). The van der Waals surface area contributed by atoms with Crippen molar-refractivity contribution in [2.45, 2.75) is 39.0 Å². The van der Waals surface area contributed by atoms with Gasteiger partial charge >= 0.3 is 0 Å². The molecule has 0 atom stereocenters. The van der Waals surface area contributed by atoms with Crippen LogP contribution in [0.15, 0.2) is 22.7 Å². The SMILES string of the molecule is CC1(CNC(=O)c2cccc(N)c2Br)CCCCC1. The monoisotopic (exact) mass is 324 g/mol. The summed E-state index contributed by atoms with van der Waals surface area (Å²) in [5, 5.41) is 3.05. The lowest BCUT2D eigenvalue weighted by molar-refractivity contribution is 0.0918. The van der Waals surface area contributed by atoms with Gasteiger partial charge in [0.25, 0.3) is 5.91 Å². The smallest absolute Gasteiger partial charge is 0.252 e. The van der Waals surface area contributed by atoms with Gasteiger partial charge < -0.3 is 11.1 Å². The minimum atomic E-state index is -0.0500. The number of halogens is 1. The standard InChI is InChI=1S/C15H21BrN2O/c1-15(8-3-2-4-9-15)10-18-14(19)11-6-5-7-12(17)13(11)16/h5-7H,2-4,8-10,17H2,1H3,(H,18,19). The Kier molecular flexibility index (Phi) is 4.50. The lowest BCUT2D eigenvalue weighted by Gasteiger charge is -2.33. The summed E-state index contributed by atoms with van der Waals surface area (Å²) >= 11 is 3.37. The first-order valence-corrected chi connectivity index (χ1v) is 7.63. The van der Waals surface area contributed by atoms with Gasteiger partial charge in [0.1, 0.15) is 0 Å². The molecule has 0 spiro atoms. The van der Waals surface area contributed by atoms with Gasteiger partial charge in [0, 0.05) is 12.2 Å². The van der Waals surface area contributed by atoms with Gasteiger partial charge in [-0.05, 0) is 46.3 Å². The quantitative estimate of drug-likeness (QED) is 0.832. The molecular weight excluding hydrogens is 304 g/mol. The summed E-state index contributed by atoms with van der Waals surface area (Å²) in [6.45, 7) is 3.01. The molecule has 0 aromatic heterocycles. The zero-order chi connectivity index (χ0) is 13.9. The van der Waals surface area contributed by atoms with Gasteiger partial charge in [-0.2, -0.15) is 0 Å². The molecule has 0 saturated heterocycles. The minimum Gasteiger partial charge on any atom is -0.398 e. The summed E-state index contributed by atoms with van der Waals surface area (Å²) in [6, 6.07) is 5.37. The number of rotatable bonds is 3. The maximum atomic E-state index is 12.2. The summed E-state index contributed by atoms with van der Waals surface area (Å²) in [5.74, 6) is -0.0500. The third-order valence-corrected chi connectivity index (χ3v) is 4.89. The van der Waals surface area contributed by atoms with E-state index in [9.17, 15) is 4.79 Å². The molecule has 19 heavy (non-hydrogen) atoms. The number of nitrogens with one attached hydrogen (secondary N) is 1. The molecule has 0 aliphatic heterocycles. The van der Waals surface area contributed by atoms with Crippen LogP contribution in [0.4, 0.5) is 5.69 Å². The van der Waals surface area contributed by atoms with Gasteiger partial charge in [0.05, 0.1) is 10.0 Å². The minimum absolute atomic E-state index is 0.0500. The summed E-state index contributed by atoms with van der Waals surface area (Å²) in [6.07, 6.45) is 6.27. The van der Waals surface area contributed by atoms with Crippen molar-refractivity contribution in [1.82, 2.24) is 5.32 Å². The van der Waals surface area contributed by atoms with Crippen molar-refractivity contribution in [3.05, 3.63) is 28.2 Å². The Bertz CT molecular complexity index is 467. The summed E-state index contributed by atoms with van der Waals surface area (Å²) < 4.78 is 0.682. The van der Waals surface area contributed by atoms with E-state index < -0.39 is 0 Å². The molecule has 1 aromatic rings. The second-order valence-corrected chi connectivity index (χ2v) is 6.56. The molecule has 4 heteroatoms. The molecule has 3 N–H and O–H groups in total. The zero-order valence-electron chi connectivity index (χ0n) is 11.3. The zero-order valence-corrected chi connectivity index (χ0v) is 12.9. The maximum Gasteiger partial charge on any atom is 0.252 e. The number of hydrogen-bond acceptors (Lipinski definition) is 2. The molecular formula is C15H21BrN2O. The van der Waals surface area contributed by atoms with Crippen LogP contribution in [-0.4, -0.2) is 12.5 Å². The molecule has 0 unspecified atom stereocenters. The van der Waals surface area contributed by atoms with Crippen LogP contribution in [0.5, 0.6) is 0 Å². The summed E-state index contributed by atoms with van der Waals surface area (Å²) in [5.41, 5.74) is 7.25. The van der Waals surface area contributed by atoms with Crippen LogP contribution in [0.2, 0.25) is 0 Å². The highest BCUT2D eigenvalue weighted by Gasteiger charge is 2.27. The number of carbonyl (C=O) groups is 1. The number of carbonyl (C=O) groups excluding carboxylic acids is 1. The molecule has 0 radical (unpaired) electrons. The van der Waals surface area contributed by atoms with Crippen LogP contribution in [0.1, 0.15) is 49.4 Å². The highest BCUT2D eigenvalue weighted by molar-refractivity contribution is 9.10. The number of anilines is 1. The van der Waals surface area contributed by atoms with Crippen LogP contribution in [0.25, 0.3) is 0 Å². The fourth-order valence-corrected chi connectivity index (χ4v) is 3.14. The first-order chi connectivity index (χ1) is 9.02. The summed E-state index contributed by atoms with van der Waals surface area (Å²) in [7, 11) is 0. The van der Waals surface area contributed by atoms with Gasteiger partial charge in [0.2, 0.25) is 0 Å². The van der Waals surface area contributed by atoms with Gasteiger partial charge in [-0.1, -0.05) is 32.3 Å². The fourth-order valence-electron chi connectivity index (χ4n) is 2.70. The Morgan fingerprint density at radius 1 is 1.37 bits per heavy atom. The van der Waals surface area contributed by atoms with Crippen molar-refractivity contribution < 1.29 is 4.79 Å². The van der Waals surface area contributed by atoms with E-state index in [0.29, 0.717) is 15.7 Å². The molecule has 104 valence electrons. The Balaban J connectivity index is 1.99. The molecule has 3 nitrogen and oxygen atoms in total. The van der Waals surface area contributed by atoms with Crippen LogP contribution in [0, 0.1) is 5.41 Å². The Hall–Kier alpha value is -1.03. The first-order valence-electron chi connectivity index (χ1n) is 6.84. The maximum absolute atomic E-state index is 12.2. The van der Waals surface area contributed by atoms with Gasteiger partial charge in [-0.25, -0.2) is 0 Å². The number of nitrogen functional groups attached to an aromatic ring is 1. The summed E-state index contributed by atoms with van der Waals surface area (Å²) in [4.78, 5) is 12.2. The van der Waals surface area contributed by atoms with Gasteiger partial charge in [0.15, 0.2) is 0 Å². The van der Waals surface area contributed by atoms with Crippen LogP contribution >= 0.6 is 15.9 Å². The van der Waals surface area contributed by atoms with Crippen molar-refractivity contribution >= 4 is 27.5 Å². The molecule has 1 amide bonds. The van der Waals surface area contributed by atoms with E-state index in [4.69, 9.17) is 5.73 Å². The van der Waals surface area contributed by atoms with Gasteiger partial charge in [-0.15, -0.1) is 0 Å². The Morgan fingerprint density at radius 2 is 2.05 bits per heavy atom. The molecule has 0 bridgehead atoms. The van der Waals surface area contributed by atoms with Gasteiger partial charge in [-0.3, -0.25) is 4.79 Å². The number of benzene rings is 1. The highest BCUT2D eigenvalue weighted by atomic mass is 79.9. The molecule has 1 aliphatic rings. The largest absolute Gasteiger partial charge is 0.398 e. The predicted molar refractivity (Wildman–Crippen MR) is 82.1 cm³/mol. The normalized spacial score (nSPS) is 18.0. The van der Waals surface area contributed by atoms with Crippen molar-refractivity contribution in [2.24, 2.45) is 5.41 Å². The van der Waals surface area contributed by atoms with Crippen LogP contribution in [-0.2, 0) is 0 Å². The molecule has 0 heterocycles.